The van der Waals surface area contributed by atoms with E-state index in [2.05, 4.69) is 5.32 Å². The van der Waals surface area contributed by atoms with E-state index in [1.54, 1.807) is 31.2 Å². The van der Waals surface area contributed by atoms with Crippen LogP contribution < -0.4 is 14.8 Å². The van der Waals surface area contributed by atoms with Gasteiger partial charge >= 0.3 is 5.97 Å². The van der Waals surface area contributed by atoms with E-state index in [4.69, 9.17) is 18.6 Å². The fourth-order valence-corrected chi connectivity index (χ4v) is 3.04. The Balaban J connectivity index is 1.45. The third-order valence-corrected chi connectivity index (χ3v) is 4.56. The van der Waals surface area contributed by atoms with Crippen molar-refractivity contribution in [3.8, 4) is 11.5 Å². The number of carbonyl (C=O) groups is 2. The second-order valence-corrected chi connectivity index (χ2v) is 6.57. The number of hydrogen-bond donors (Lipinski definition) is 1. The quantitative estimate of drug-likeness (QED) is 0.671. The van der Waals surface area contributed by atoms with Gasteiger partial charge in [-0.3, -0.25) is 4.79 Å². The van der Waals surface area contributed by atoms with Crippen molar-refractivity contribution in [2.45, 2.75) is 20.0 Å². The maximum Gasteiger partial charge on any atom is 0.375 e. The summed E-state index contributed by atoms with van der Waals surface area (Å²) < 4.78 is 35.3. The average molecular weight is 399 g/mol. The van der Waals surface area contributed by atoms with Gasteiger partial charge in [-0.2, -0.15) is 0 Å². The fraction of sp³-hybridized carbons (Fsp3) is 0.238. The lowest BCUT2D eigenvalue weighted by molar-refractivity contribution is -0.123. The molecule has 1 unspecified atom stereocenters. The highest BCUT2D eigenvalue weighted by Crippen LogP contribution is 2.33. The Morgan fingerprint density at radius 3 is 2.66 bits per heavy atom. The lowest BCUT2D eigenvalue weighted by Crippen LogP contribution is -2.30. The van der Waals surface area contributed by atoms with E-state index in [1.807, 2.05) is 0 Å². The largest absolute Gasteiger partial charge is 0.486 e. The molecule has 0 fully saturated rings. The van der Waals surface area contributed by atoms with Crippen LogP contribution in [0.5, 0.6) is 11.5 Å². The van der Waals surface area contributed by atoms with E-state index in [0.29, 0.717) is 41.3 Å². The molecule has 29 heavy (non-hydrogen) atoms. The van der Waals surface area contributed by atoms with Crippen molar-refractivity contribution in [2.24, 2.45) is 0 Å². The molecule has 0 saturated carbocycles. The van der Waals surface area contributed by atoms with Crippen LogP contribution in [0.15, 0.2) is 40.8 Å². The summed E-state index contributed by atoms with van der Waals surface area (Å²) in [5.41, 5.74) is 0.901. The minimum atomic E-state index is -1.10. The number of amides is 1. The number of halogens is 1. The van der Waals surface area contributed by atoms with Crippen LogP contribution in [0.3, 0.4) is 0 Å². The number of rotatable bonds is 4. The standard InChI is InChI=1S/C21H18FNO6/c1-11-14-4-3-5-15(22)19(14)29-18(11)21(25)28-12(2)20(24)23-13-6-7-16-17(10-13)27-9-8-26-16/h3-7,10,12H,8-9H2,1-2H3,(H,23,24). The molecule has 0 saturated heterocycles. The number of anilines is 1. The first-order chi connectivity index (χ1) is 13.9. The predicted molar refractivity (Wildman–Crippen MR) is 102 cm³/mol. The van der Waals surface area contributed by atoms with Crippen molar-refractivity contribution in [2.75, 3.05) is 18.5 Å². The van der Waals surface area contributed by atoms with E-state index in [1.165, 1.54) is 19.1 Å². The summed E-state index contributed by atoms with van der Waals surface area (Å²) in [6.07, 6.45) is -1.10. The van der Waals surface area contributed by atoms with E-state index in [9.17, 15) is 14.0 Å². The smallest absolute Gasteiger partial charge is 0.375 e. The van der Waals surface area contributed by atoms with Gasteiger partial charge in [0.2, 0.25) is 5.76 Å². The summed E-state index contributed by atoms with van der Waals surface area (Å²) in [7, 11) is 0. The molecular formula is C21H18FNO6. The first kappa shape index (κ1) is 18.8. The monoisotopic (exact) mass is 399 g/mol. The van der Waals surface area contributed by atoms with Gasteiger partial charge in [-0.15, -0.1) is 0 Å². The van der Waals surface area contributed by atoms with E-state index in [0.717, 1.165) is 0 Å². The fourth-order valence-electron chi connectivity index (χ4n) is 3.04. The van der Waals surface area contributed by atoms with Crippen LogP contribution in [0.1, 0.15) is 23.0 Å². The van der Waals surface area contributed by atoms with Crippen LogP contribution in [0.25, 0.3) is 11.0 Å². The minimum absolute atomic E-state index is 0.0228. The van der Waals surface area contributed by atoms with E-state index >= 15 is 0 Å². The highest BCUT2D eigenvalue weighted by atomic mass is 19.1. The zero-order valence-corrected chi connectivity index (χ0v) is 15.8. The molecule has 1 aromatic heterocycles. The summed E-state index contributed by atoms with van der Waals surface area (Å²) >= 11 is 0. The molecule has 0 radical (unpaired) electrons. The first-order valence-corrected chi connectivity index (χ1v) is 9.03. The molecule has 4 rings (SSSR count). The number of para-hydroxylation sites is 1. The summed E-state index contributed by atoms with van der Waals surface area (Å²) in [6.45, 7) is 3.96. The molecular weight excluding hydrogens is 381 g/mol. The summed E-state index contributed by atoms with van der Waals surface area (Å²) in [5.74, 6) is -0.962. The van der Waals surface area contributed by atoms with Crippen LogP contribution >= 0.6 is 0 Å². The Kier molecular flexibility index (Phi) is 4.84. The molecule has 1 atom stereocenters. The van der Waals surface area contributed by atoms with E-state index < -0.39 is 23.8 Å². The van der Waals surface area contributed by atoms with Gasteiger partial charge in [0.15, 0.2) is 29.0 Å². The Morgan fingerprint density at radius 1 is 1.14 bits per heavy atom. The molecule has 3 aromatic rings. The number of fused-ring (bicyclic) bond motifs is 2. The number of aryl methyl sites for hydroxylation is 1. The molecule has 2 heterocycles. The maximum atomic E-state index is 13.9. The van der Waals surface area contributed by atoms with Crippen molar-refractivity contribution in [1.82, 2.24) is 0 Å². The second kappa shape index (κ2) is 7.46. The normalized spacial score (nSPS) is 13.8. The Bertz CT molecular complexity index is 1110. The molecule has 0 aliphatic carbocycles. The molecule has 0 spiro atoms. The SMILES string of the molecule is Cc1c(C(=O)OC(C)C(=O)Nc2ccc3c(c2)OCCO3)oc2c(F)cccc12. The van der Waals surface area contributed by atoms with Crippen molar-refractivity contribution in [1.29, 1.82) is 0 Å². The number of nitrogens with one attached hydrogen (secondary N) is 1. The zero-order chi connectivity index (χ0) is 20.5. The van der Waals surface area contributed by atoms with Gasteiger partial charge in [0.1, 0.15) is 13.2 Å². The number of ether oxygens (including phenoxy) is 3. The highest BCUT2D eigenvalue weighted by Gasteiger charge is 2.25. The van der Waals surface area contributed by atoms with Crippen LogP contribution in [0.4, 0.5) is 10.1 Å². The van der Waals surface area contributed by atoms with Crippen LogP contribution in [0, 0.1) is 12.7 Å². The topological polar surface area (TPSA) is 87.0 Å². The third kappa shape index (κ3) is 3.61. The van der Waals surface area contributed by atoms with Crippen LogP contribution in [0.2, 0.25) is 0 Å². The molecule has 1 aliphatic heterocycles. The maximum absolute atomic E-state index is 13.9. The summed E-state index contributed by atoms with van der Waals surface area (Å²) in [6, 6.07) is 9.39. The lowest BCUT2D eigenvalue weighted by atomic mass is 10.1. The lowest BCUT2D eigenvalue weighted by Gasteiger charge is -2.19. The Labute approximate surface area is 165 Å². The van der Waals surface area contributed by atoms with E-state index in [-0.39, 0.29) is 11.3 Å². The van der Waals surface area contributed by atoms with Crippen LogP contribution in [-0.2, 0) is 9.53 Å². The summed E-state index contributed by atoms with van der Waals surface area (Å²) in [5, 5.41) is 3.13. The predicted octanol–water partition coefficient (Wildman–Crippen LogP) is 3.84. The molecule has 2 aromatic carbocycles. The Hall–Kier alpha value is -3.55. The Morgan fingerprint density at radius 2 is 1.90 bits per heavy atom. The molecule has 150 valence electrons. The van der Waals surface area contributed by atoms with Gasteiger partial charge < -0.3 is 23.9 Å². The number of carbonyl (C=O) groups excluding carboxylic acids is 2. The molecule has 8 heteroatoms. The van der Waals surface area contributed by atoms with Crippen molar-refractivity contribution >= 4 is 28.5 Å². The second-order valence-electron chi connectivity index (χ2n) is 6.57. The number of esters is 1. The van der Waals surface area contributed by atoms with Gasteiger partial charge in [0, 0.05) is 22.7 Å². The van der Waals surface area contributed by atoms with Crippen molar-refractivity contribution < 1.29 is 32.6 Å². The van der Waals surface area contributed by atoms with Crippen LogP contribution in [-0.4, -0.2) is 31.2 Å². The third-order valence-electron chi connectivity index (χ3n) is 4.56. The van der Waals surface area contributed by atoms with Gasteiger partial charge in [-0.1, -0.05) is 12.1 Å². The molecule has 7 nitrogen and oxygen atoms in total. The van der Waals surface area contributed by atoms with Crippen molar-refractivity contribution in [3.63, 3.8) is 0 Å². The van der Waals surface area contributed by atoms with Gasteiger partial charge in [-0.05, 0) is 32.0 Å². The first-order valence-electron chi connectivity index (χ1n) is 9.03. The summed E-state index contributed by atoms with van der Waals surface area (Å²) in [4.78, 5) is 24.9. The molecule has 1 aliphatic rings. The molecule has 1 N–H and O–H groups in total. The minimum Gasteiger partial charge on any atom is -0.486 e. The number of benzene rings is 2. The van der Waals surface area contributed by atoms with Gasteiger partial charge in [0.05, 0.1) is 0 Å². The highest BCUT2D eigenvalue weighted by molar-refractivity contribution is 5.99. The van der Waals surface area contributed by atoms with Gasteiger partial charge in [-0.25, -0.2) is 9.18 Å². The zero-order valence-electron chi connectivity index (χ0n) is 15.8. The molecule has 0 bridgehead atoms. The number of furan rings is 1. The van der Waals surface area contributed by atoms with Crippen molar-refractivity contribution in [3.05, 3.63) is 53.5 Å². The van der Waals surface area contributed by atoms with Gasteiger partial charge in [0.25, 0.3) is 5.91 Å². The number of hydrogen-bond acceptors (Lipinski definition) is 6. The average Bonchev–Trinajstić information content (AvgIpc) is 3.06. The molecule has 1 amide bonds.